The first-order chi connectivity index (χ1) is 19.0. The highest BCUT2D eigenvalue weighted by Gasteiger charge is 2.36. The lowest BCUT2D eigenvalue weighted by Crippen LogP contribution is -2.47. The molecule has 0 aliphatic heterocycles. The number of nitrogens with zero attached hydrogens (tertiary/aromatic N) is 4. The molecule has 1 N–H and O–H groups in total. The van der Waals surface area contributed by atoms with Gasteiger partial charge < -0.3 is 14.8 Å². The Morgan fingerprint density at radius 1 is 1.03 bits per heavy atom. The molecule has 0 saturated heterocycles. The number of carbonyl (C=O) groups excluding carboxylic acids is 2. The van der Waals surface area contributed by atoms with Crippen LogP contribution < -0.4 is 19.7 Å². The molecular formula is C30H33N5O4. The third-order valence-electron chi connectivity index (χ3n) is 7.23. The summed E-state index contributed by atoms with van der Waals surface area (Å²) in [5.41, 5.74) is 3.64. The molecule has 1 aliphatic carbocycles. The molecule has 4 aromatic rings. The van der Waals surface area contributed by atoms with Gasteiger partial charge in [-0.2, -0.15) is 0 Å². The summed E-state index contributed by atoms with van der Waals surface area (Å²) in [5, 5.41) is 11.6. The summed E-state index contributed by atoms with van der Waals surface area (Å²) in [7, 11) is 3.12. The molecule has 1 aromatic heterocycles. The van der Waals surface area contributed by atoms with Gasteiger partial charge in [-0.3, -0.25) is 14.5 Å². The van der Waals surface area contributed by atoms with Gasteiger partial charge in [0, 0.05) is 23.4 Å². The Morgan fingerprint density at radius 3 is 2.49 bits per heavy atom. The average Bonchev–Trinajstić information content (AvgIpc) is 3.62. The predicted octanol–water partition coefficient (Wildman–Crippen LogP) is 4.59. The van der Waals surface area contributed by atoms with E-state index in [-0.39, 0.29) is 24.4 Å². The number of benzene rings is 3. The molecule has 1 saturated carbocycles. The minimum absolute atomic E-state index is 0.0680. The highest BCUT2D eigenvalue weighted by molar-refractivity contribution is 6.02. The monoisotopic (exact) mass is 527 g/mol. The molecule has 2 amide bonds. The zero-order chi connectivity index (χ0) is 27.4. The highest BCUT2D eigenvalue weighted by Crippen LogP contribution is 2.36. The van der Waals surface area contributed by atoms with Crippen LogP contribution in [0.5, 0.6) is 11.5 Å². The van der Waals surface area contributed by atoms with Crippen LogP contribution in [0.4, 0.5) is 5.69 Å². The van der Waals surface area contributed by atoms with E-state index in [1.54, 1.807) is 42.0 Å². The van der Waals surface area contributed by atoms with Crippen molar-refractivity contribution in [2.24, 2.45) is 0 Å². The van der Waals surface area contributed by atoms with E-state index in [1.807, 2.05) is 55.5 Å². The maximum Gasteiger partial charge on any atom is 0.249 e. The molecule has 1 heterocycles. The minimum atomic E-state index is -0.989. The quantitative estimate of drug-likeness (QED) is 0.342. The molecule has 3 aromatic carbocycles. The lowest BCUT2D eigenvalue weighted by molar-refractivity contribution is -0.127. The van der Waals surface area contributed by atoms with E-state index < -0.39 is 6.04 Å². The number of aryl methyl sites for hydroxylation is 1. The van der Waals surface area contributed by atoms with E-state index in [1.165, 1.54) is 0 Å². The van der Waals surface area contributed by atoms with Crippen LogP contribution in [-0.4, -0.2) is 47.1 Å². The van der Waals surface area contributed by atoms with Crippen molar-refractivity contribution in [1.82, 2.24) is 20.3 Å². The van der Waals surface area contributed by atoms with Crippen LogP contribution in [0.3, 0.4) is 0 Å². The van der Waals surface area contributed by atoms with Gasteiger partial charge in [-0.15, -0.1) is 5.10 Å². The summed E-state index contributed by atoms with van der Waals surface area (Å²) in [6.07, 6.45) is 3.98. The number of nitrogens with one attached hydrogen (secondary N) is 1. The zero-order valence-electron chi connectivity index (χ0n) is 22.5. The van der Waals surface area contributed by atoms with Crippen molar-refractivity contribution in [2.75, 3.05) is 19.1 Å². The van der Waals surface area contributed by atoms with Crippen LogP contribution in [0.25, 0.3) is 11.0 Å². The summed E-state index contributed by atoms with van der Waals surface area (Å²) in [6, 6.07) is 19.4. The third-order valence-corrected chi connectivity index (χ3v) is 7.23. The number of amides is 2. The SMILES string of the molecule is COc1ccc([C@H](C(=O)NC2CCCC2)N(C(=O)Cn2nnc3ccccc32)c2ccc(C)cc2)c(OC)c1. The largest absolute Gasteiger partial charge is 0.497 e. The van der Waals surface area contributed by atoms with Crippen LogP contribution in [0.15, 0.2) is 66.7 Å². The van der Waals surface area contributed by atoms with E-state index in [0.717, 1.165) is 36.8 Å². The van der Waals surface area contributed by atoms with Gasteiger partial charge in [0.2, 0.25) is 11.8 Å². The van der Waals surface area contributed by atoms with Crippen molar-refractivity contribution < 1.29 is 19.1 Å². The topological polar surface area (TPSA) is 98.6 Å². The zero-order valence-corrected chi connectivity index (χ0v) is 22.5. The summed E-state index contributed by atoms with van der Waals surface area (Å²) < 4.78 is 12.7. The average molecular weight is 528 g/mol. The first-order valence-electron chi connectivity index (χ1n) is 13.2. The smallest absolute Gasteiger partial charge is 0.249 e. The molecule has 9 heteroatoms. The normalized spacial score (nSPS) is 14.2. The summed E-state index contributed by atoms with van der Waals surface area (Å²) in [6.45, 7) is 1.88. The van der Waals surface area contributed by atoms with Crippen molar-refractivity contribution in [3.63, 3.8) is 0 Å². The van der Waals surface area contributed by atoms with Crippen molar-refractivity contribution in [1.29, 1.82) is 0 Å². The fourth-order valence-corrected chi connectivity index (χ4v) is 5.17. The minimum Gasteiger partial charge on any atom is -0.497 e. The van der Waals surface area contributed by atoms with Crippen molar-refractivity contribution in [3.05, 3.63) is 77.9 Å². The molecule has 1 aliphatic rings. The molecule has 5 rings (SSSR count). The second-order valence-electron chi connectivity index (χ2n) is 9.84. The van der Waals surface area contributed by atoms with Crippen LogP contribution in [-0.2, 0) is 16.1 Å². The van der Waals surface area contributed by atoms with Crippen LogP contribution in [0, 0.1) is 6.92 Å². The summed E-state index contributed by atoms with van der Waals surface area (Å²) in [4.78, 5) is 29.9. The molecule has 1 atom stereocenters. The van der Waals surface area contributed by atoms with Crippen LogP contribution in [0.1, 0.15) is 42.9 Å². The standard InChI is InChI=1S/C30H33N5O4/c1-20-12-14-22(15-13-20)35(28(36)19-34-26-11-7-6-10-25(26)32-33-34)29(30(37)31-21-8-4-5-9-21)24-17-16-23(38-2)18-27(24)39-3/h6-7,10-18,21,29H,4-5,8-9,19H2,1-3H3,(H,31,37)/t29-/m1/s1. The Bertz CT molecular complexity index is 1460. The number of anilines is 1. The number of hydrogen-bond donors (Lipinski definition) is 1. The lowest BCUT2D eigenvalue weighted by Gasteiger charge is -2.33. The maximum atomic E-state index is 14.2. The number of methoxy groups -OCH3 is 2. The highest BCUT2D eigenvalue weighted by atomic mass is 16.5. The number of para-hydroxylation sites is 1. The first kappa shape index (κ1) is 26.2. The van der Waals surface area contributed by atoms with Gasteiger partial charge in [0.1, 0.15) is 29.6 Å². The van der Waals surface area contributed by atoms with Gasteiger partial charge in [0.25, 0.3) is 0 Å². The second-order valence-corrected chi connectivity index (χ2v) is 9.84. The Balaban J connectivity index is 1.61. The van der Waals surface area contributed by atoms with E-state index in [0.29, 0.717) is 28.3 Å². The van der Waals surface area contributed by atoms with Gasteiger partial charge in [-0.05, 0) is 56.2 Å². The Kier molecular flexibility index (Phi) is 7.76. The Labute approximate surface area is 227 Å². The van der Waals surface area contributed by atoms with Crippen molar-refractivity contribution in [3.8, 4) is 11.5 Å². The molecular weight excluding hydrogens is 494 g/mol. The van der Waals surface area contributed by atoms with E-state index in [4.69, 9.17) is 9.47 Å². The Hall–Kier alpha value is -4.40. The summed E-state index contributed by atoms with van der Waals surface area (Å²) >= 11 is 0. The second kappa shape index (κ2) is 11.6. The molecule has 202 valence electrons. The van der Waals surface area contributed by atoms with Crippen LogP contribution >= 0.6 is 0 Å². The van der Waals surface area contributed by atoms with Gasteiger partial charge >= 0.3 is 0 Å². The third kappa shape index (κ3) is 5.57. The molecule has 39 heavy (non-hydrogen) atoms. The van der Waals surface area contributed by atoms with Gasteiger partial charge in [0.05, 0.1) is 19.7 Å². The number of hydrogen-bond acceptors (Lipinski definition) is 6. The molecule has 9 nitrogen and oxygen atoms in total. The lowest BCUT2D eigenvalue weighted by atomic mass is 10.0. The van der Waals surface area contributed by atoms with Crippen molar-refractivity contribution in [2.45, 2.75) is 51.2 Å². The Morgan fingerprint density at radius 2 is 1.77 bits per heavy atom. The van der Waals surface area contributed by atoms with Crippen LogP contribution in [0.2, 0.25) is 0 Å². The van der Waals surface area contributed by atoms with E-state index in [9.17, 15) is 9.59 Å². The van der Waals surface area contributed by atoms with E-state index >= 15 is 0 Å². The number of carbonyl (C=O) groups is 2. The molecule has 0 radical (unpaired) electrons. The fraction of sp³-hybridized carbons (Fsp3) is 0.333. The van der Waals surface area contributed by atoms with E-state index in [2.05, 4.69) is 15.6 Å². The predicted molar refractivity (Wildman–Crippen MR) is 149 cm³/mol. The van der Waals surface area contributed by atoms with Crippen molar-refractivity contribution >= 4 is 28.5 Å². The molecule has 0 bridgehead atoms. The number of rotatable bonds is 9. The molecule has 0 spiro atoms. The number of fused-ring (bicyclic) bond motifs is 1. The number of ether oxygens (including phenoxy) is 2. The fourth-order valence-electron chi connectivity index (χ4n) is 5.17. The molecule has 0 unspecified atom stereocenters. The summed E-state index contributed by atoms with van der Waals surface area (Å²) in [5.74, 6) is 0.478. The maximum absolute atomic E-state index is 14.2. The van der Waals surface area contributed by atoms with Gasteiger partial charge in [-0.25, -0.2) is 4.68 Å². The number of aromatic nitrogens is 3. The first-order valence-corrected chi connectivity index (χ1v) is 13.2. The van der Waals surface area contributed by atoms with Gasteiger partial charge in [-0.1, -0.05) is 47.9 Å². The molecule has 1 fully saturated rings. The van der Waals surface area contributed by atoms with Gasteiger partial charge in [0.15, 0.2) is 0 Å².